The average Bonchev–Trinajstić information content (AvgIpc) is 2.45. The molecule has 0 saturated carbocycles. The van der Waals surface area contributed by atoms with E-state index in [0.29, 0.717) is 11.5 Å². The molecule has 0 aromatic heterocycles. The van der Waals surface area contributed by atoms with Crippen LogP contribution in [0.25, 0.3) is 0 Å². The van der Waals surface area contributed by atoms with Gasteiger partial charge in [0.05, 0.1) is 6.61 Å². The monoisotopic (exact) mass is 214 g/mol. The zero-order chi connectivity index (χ0) is 11.7. The molecule has 0 radical (unpaired) electrons. The minimum absolute atomic E-state index is 0.0641. The molecule has 90 valence electrons. The van der Waals surface area contributed by atoms with E-state index in [0.717, 1.165) is 19.5 Å². The Morgan fingerprint density at radius 2 is 2.13 bits per heavy atom. The fourth-order valence-electron chi connectivity index (χ4n) is 2.40. The SMILES string of the molecule is CC(CC(C)(N)CO)N1CCC(C)(C)C1. The normalized spacial score (nSPS) is 27.6. The first-order valence-corrected chi connectivity index (χ1v) is 5.90. The zero-order valence-electron chi connectivity index (χ0n) is 10.6. The number of nitrogens with two attached hydrogens (primary N) is 1. The standard InChI is InChI=1S/C12H26N2O/c1-10(7-12(4,13)9-15)14-6-5-11(2,3)8-14/h10,15H,5-9,13H2,1-4H3. The van der Waals surface area contributed by atoms with Gasteiger partial charge in [0, 0.05) is 18.1 Å². The quantitative estimate of drug-likeness (QED) is 0.739. The van der Waals surface area contributed by atoms with Crippen molar-refractivity contribution in [3.63, 3.8) is 0 Å². The predicted molar refractivity (Wildman–Crippen MR) is 63.7 cm³/mol. The van der Waals surface area contributed by atoms with Crippen molar-refractivity contribution in [2.24, 2.45) is 11.1 Å². The molecule has 0 spiro atoms. The Labute approximate surface area is 93.6 Å². The summed E-state index contributed by atoms with van der Waals surface area (Å²) in [5.41, 5.74) is 5.98. The van der Waals surface area contributed by atoms with Gasteiger partial charge in [-0.15, -0.1) is 0 Å². The summed E-state index contributed by atoms with van der Waals surface area (Å²) in [5.74, 6) is 0. The first-order chi connectivity index (χ1) is 6.76. The first kappa shape index (κ1) is 12.9. The summed E-state index contributed by atoms with van der Waals surface area (Å²) in [7, 11) is 0. The molecule has 1 rings (SSSR count). The molecule has 0 bridgehead atoms. The Morgan fingerprint density at radius 1 is 1.53 bits per heavy atom. The fraction of sp³-hybridized carbons (Fsp3) is 1.00. The second-order valence-corrected chi connectivity index (χ2v) is 6.25. The summed E-state index contributed by atoms with van der Waals surface area (Å²) >= 11 is 0. The van der Waals surface area contributed by atoms with E-state index in [1.165, 1.54) is 6.42 Å². The van der Waals surface area contributed by atoms with Gasteiger partial charge in [-0.2, -0.15) is 0 Å². The molecule has 3 N–H and O–H groups in total. The van der Waals surface area contributed by atoms with E-state index in [9.17, 15) is 0 Å². The molecule has 0 aliphatic carbocycles. The molecule has 1 saturated heterocycles. The van der Waals surface area contributed by atoms with Crippen LogP contribution in [0.4, 0.5) is 0 Å². The van der Waals surface area contributed by atoms with E-state index in [4.69, 9.17) is 10.8 Å². The van der Waals surface area contributed by atoms with Crippen molar-refractivity contribution in [1.82, 2.24) is 4.90 Å². The van der Waals surface area contributed by atoms with Crippen LogP contribution in [0.5, 0.6) is 0 Å². The summed E-state index contributed by atoms with van der Waals surface area (Å²) < 4.78 is 0. The molecule has 1 heterocycles. The van der Waals surface area contributed by atoms with Crippen LogP contribution < -0.4 is 5.73 Å². The summed E-state index contributed by atoms with van der Waals surface area (Å²) in [6.07, 6.45) is 2.12. The minimum Gasteiger partial charge on any atom is -0.394 e. The topological polar surface area (TPSA) is 49.5 Å². The highest BCUT2D eigenvalue weighted by Gasteiger charge is 2.33. The van der Waals surface area contributed by atoms with Gasteiger partial charge in [-0.3, -0.25) is 0 Å². The van der Waals surface area contributed by atoms with Crippen LogP contribution in [0.15, 0.2) is 0 Å². The van der Waals surface area contributed by atoms with Gasteiger partial charge in [0.1, 0.15) is 0 Å². The second kappa shape index (κ2) is 4.40. The molecule has 1 fully saturated rings. The summed E-state index contributed by atoms with van der Waals surface area (Å²) in [6, 6.07) is 0.467. The third kappa shape index (κ3) is 3.74. The zero-order valence-corrected chi connectivity index (χ0v) is 10.6. The van der Waals surface area contributed by atoms with Crippen LogP contribution in [-0.4, -0.2) is 41.3 Å². The lowest BCUT2D eigenvalue weighted by molar-refractivity contribution is 0.146. The van der Waals surface area contributed by atoms with E-state index < -0.39 is 5.54 Å². The highest BCUT2D eigenvalue weighted by Crippen LogP contribution is 2.31. The molecular weight excluding hydrogens is 188 g/mol. The Morgan fingerprint density at radius 3 is 2.53 bits per heavy atom. The van der Waals surface area contributed by atoms with Crippen molar-refractivity contribution < 1.29 is 5.11 Å². The third-order valence-corrected chi connectivity index (χ3v) is 3.45. The lowest BCUT2D eigenvalue weighted by Gasteiger charge is -2.32. The van der Waals surface area contributed by atoms with E-state index in [1.54, 1.807) is 0 Å². The summed E-state index contributed by atoms with van der Waals surface area (Å²) in [4.78, 5) is 2.49. The Hall–Kier alpha value is -0.120. The average molecular weight is 214 g/mol. The number of hydrogen-bond donors (Lipinski definition) is 2. The minimum atomic E-state index is -0.438. The number of hydrogen-bond acceptors (Lipinski definition) is 3. The predicted octanol–water partition coefficient (Wildman–Crippen LogP) is 1.21. The van der Waals surface area contributed by atoms with Gasteiger partial charge < -0.3 is 15.7 Å². The molecule has 0 aromatic carbocycles. The first-order valence-electron chi connectivity index (χ1n) is 5.90. The van der Waals surface area contributed by atoms with E-state index in [1.807, 2.05) is 6.92 Å². The van der Waals surface area contributed by atoms with Gasteiger partial charge in [0.15, 0.2) is 0 Å². The summed E-state index contributed by atoms with van der Waals surface area (Å²) in [6.45, 7) is 11.1. The maximum atomic E-state index is 9.14. The van der Waals surface area contributed by atoms with Gasteiger partial charge >= 0.3 is 0 Å². The van der Waals surface area contributed by atoms with Crippen LogP contribution in [0.1, 0.15) is 40.5 Å². The fourth-order valence-corrected chi connectivity index (χ4v) is 2.40. The van der Waals surface area contributed by atoms with E-state index in [-0.39, 0.29) is 6.61 Å². The van der Waals surface area contributed by atoms with E-state index in [2.05, 4.69) is 25.7 Å². The van der Waals surface area contributed by atoms with Gasteiger partial charge in [-0.1, -0.05) is 13.8 Å². The molecule has 1 aliphatic heterocycles. The molecule has 15 heavy (non-hydrogen) atoms. The van der Waals surface area contributed by atoms with Crippen LogP contribution >= 0.6 is 0 Å². The van der Waals surface area contributed by atoms with Crippen molar-refractivity contribution in [2.75, 3.05) is 19.7 Å². The van der Waals surface area contributed by atoms with Crippen molar-refractivity contribution in [3.05, 3.63) is 0 Å². The van der Waals surface area contributed by atoms with E-state index >= 15 is 0 Å². The molecular formula is C12H26N2O. The molecule has 0 amide bonds. The maximum absolute atomic E-state index is 9.14. The lowest BCUT2D eigenvalue weighted by atomic mass is 9.92. The number of aliphatic hydroxyl groups excluding tert-OH is 1. The summed E-state index contributed by atoms with van der Waals surface area (Å²) in [5, 5.41) is 9.14. The molecule has 0 aromatic rings. The molecule has 2 unspecified atom stereocenters. The Bertz CT molecular complexity index is 214. The van der Waals surface area contributed by atoms with Crippen LogP contribution in [0, 0.1) is 5.41 Å². The van der Waals surface area contributed by atoms with Gasteiger partial charge in [0.25, 0.3) is 0 Å². The molecule has 2 atom stereocenters. The van der Waals surface area contributed by atoms with Crippen molar-refractivity contribution >= 4 is 0 Å². The maximum Gasteiger partial charge on any atom is 0.0609 e. The van der Waals surface area contributed by atoms with Crippen LogP contribution in [-0.2, 0) is 0 Å². The van der Waals surface area contributed by atoms with Crippen LogP contribution in [0.3, 0.4) is 0 Å². The smallest absolute Gasteiger partial charge is 0.0609 e. The lowest BCUT2D eigenvalue weighted by Crippen LogP contribution is -2.46. The highest BCUT2D eigenvalue weighted by atomic mass is 16.3. The second-order valence-electron chi connectivity index (χ2n) is 6.25. The van der Waals surface area contributed by atoms with Gasteiger partial charge in [-0.05, 0) is 38.6 Å². The molecule has 3 heteroatoms. The number of rotatable bonds is 4. The molecule has 3 nitrogen and oxygen atoms in total. The van der Waals surface area contributed by atoms with Crippen LogP contribution in [0.2, 0.25) is 0 Å². The highest BCUT2D eigenvalue weighted by molar-refractivity contribution is 4.89. The number of nitrogens with zero attached hydrogens (tertiary/aromatic N) is 1. The number of likely N-dealkylation sites (tertiary alicyclic amines) is 1. The van der Waals surface area contributed by atoms with Crippen molar-refractivity contribution in [1.29, 1.82) is 0 Å². The largest absolute Gasteiger partial charge is 0.394 e. The Balaban J connectivity index is 2.45. The van der Waals surface area contributed by atoms with Crippen molar-refractivity contribution in [2.45, 2.75) is 52.1 Å². The Kier molecular flexibility index (Phi) is 3.80. The molecule has 1 aliphatic rings. The van der Waals surface area contributed by atoms with Gasteiger partial charge in [0.2, 0.25) is 0 Å². The third-order valence-electron chi connectivity index (χ3n) is 3.45. The van der Waals surface area contributed by atoms with Gasteiger partial charge in [-0.25, -0.2) is 0 Å². The number of aliphatic hydroxyl groups is 1. The van der Waals surface area contributed by atoms with Crippen molar-refractivity contribution in [3.8, 4) is 0 Å².